The van der Waals surface area contributed by atoms with Crippen LogP contribution in [0.1, 0.15) is 21.5 Å². The minimum atomic E-state index is -0.307. The van der Waals surface area contributed by atoms with E-state index in [-0.39, 0.29) is 5.91 Å². The molecular weight excluding hydrogens is 363 g/mol. The van der Waals surface area contributed by atoms with Gasteiger partial charge in [-0.05, 0) is 43.7 Å². The first-order chi connectivity index (χ1) is 11.4. The number of amides is 1. The zero-order valence-corrected chi connectivity index (χ0v) is 15.4. The second-order valence-electron chi connectivity index (χ2n) is 5.43. The predicted molar refractivity (Wildman–Crippen MR) is 101 cm³/mol. The molecule has 6 heteroatoms. The van der Waals surface area contributed by atoms with E-state index in [1.54, 1.807) is 18.2 Å². The lowest BCUT2D eigenvalue weighted by atomic mass is 10.0. The summed E-state index contributed by atoms with van der Waals surface area (Å²) in [7, 11) is 0. The summed E-state index contributed by atoms with van der Waals surface area (Å²) in [5, 5.41) is 6.04. The number of carbonyl (C=O) groups is 1. The Morgan fingerprint density at radius 3 is 2.67 bits per heavy atom. The highest BCUT2D eigenvalue weighted by molar-refractivity contribution is 7.14. The molecule has 1 amide bonds. The Morgan fingerprint density at radius 2 is 1.92 bits per heavy atom. The average Bonchev–Trinajstić information content (AvgIpc) is 2.97. The van der Waals surface area contributed by atoms with Gasteiger partial charge < -0.3 is 0 Å². The number of hydrogen-bond donors (Lipinski definition) is 1. The summed E-state index contributed by atoms with van der Waals surface area (Å²) >= 11 is 13.3. The summed E-state index contributed by atoms with van der Waals surface area (Å²) in [6.07, 6.45) is 0. The van der Waals surface area contributed by atoms with Crippen LogP contribution in [0.15, 0.2) is 41.8 Å². The molecule has 24 heavy (non-hydrogen) atoms. The summed E-state index contributed by atoms with van der Waals surface area (Å²) in [6.45, 7) is 4.08. The van der Waals surface area contributed by atoms with Gasteiger partial charge in [-0.3, -0.25) is 10.1 Å². The van der Waals surface area contributed by atoms with E-state index in [0.29, 0.717) is 20.7 Å². The zero-order valence-electron chi connectivity index (χ0n) is 13.1. The van der Waals surface area contributed by atoms with Gasteiger partial charge in [0.05, 0.1) is 16.3 Å². The van der Waals surface area contributed by atoms with Gasteiger partial charge in [0.15, 0.2) is 5.13 Å². The summed E-state index contributed by atoms with van der Waals surface area (Å²) in [4.78, 5) is 16.9. The van der Waals surface area contributed by atoms with E-state index in [1.165, 1.54) is 16.9 Å². The molecule has 3 aromatic rings. The number of carbonyl (C=O) groups excluding carboxylic acids is 1. The zero-order chi connectivity index (χ0) is 17.3. The van der Waals surface area contributed by atoms with Crippen molar-refractivity contribution in [2.24, 2.45) is 0 Å². The number of nitrogens with zero attached hydrogens (tertiary/aromatic N) is 1. The third-order valence-electron chi connectivity index (χ3n) is 3.57. The first kappa shape index (κ1) is 17.0. The van der Waals surface area contributed by atoms with Gasteiger partial charge in [-0.2, -0.15) is 0 Å². The van der Waals surface area contributed by atoms with Crippen molar-refractivity contribution in [2.75, 3.05) is 5.32 Å². The van der Waals surface area contributed by atoms with Crippen LogP contribution in [-0.4, -0.2) is 10.9 Å². The van der Waals surface area contributed by atoms with Crippen LogP contribution in [-0.2, 0) is 0 Å². The van der Waals surface area contributed by atoms with Crippen LogP contribution in [0.3, 0.4) is 0 Å². The topological polar surface area (TPSA) is 42.0 Å². The Morgan fingerprint density at radius 1 is 1.12 bits per heavy atom. The molecule has 0 saturated heterocycles. The summed E-state index contributed by atoms with van der Waals surface area (Å²) in [5.74, 6) is -0.307. The highest BCUT2D eigenvalue weighted by Crippen LogP contribution is 2.29. The minimum Gasteiger partial charge on any atom is -0.298 e. The second-order valence-corrected chi connectivity index (χ2v) is 7.14. The number of rotatable bonds is 3. The van der Waals surface area contributed by atoms with Crippen LogP contribution in [0.2, 0.25) is 10.0 Å². The maximum Gasteiger partial charge on any atom is 0.258 e. The Bertz CT molecular complexity index is 921. The van der Waals surface area contributed by atoms with Crippen LogP contribution in [0, 0.1) is 13.8 Å². The Labute approximate surface area is 154 Å². The molecule has 3 nitrogen and oxygen atoms in total. The maximum atomic E-state index is 12.3. The van der Waals surface area contributed by atoms with Crippen LogP contribution >= 0.6 is 34.5 Å². The van der Waals surface area contributed by atoms with Crippen molar-refractivity contribution in [3.05, 3.63) is 68.5 Å². The third-order valence-corrected chi connectivity index (χ3v) is 4.87. The molecule has 0 aliphatic carbocycles. The van der Waals surface area contributed by atoms with Gasteiger partial charge in [0.25, 0.3) is 5.91 Å². The van der Waals surface area contributed by atoms with Crippen molar-refractivity contribution in [2.45, 2.75) is 13.8 Å². The Kier molecular flexibility index (Phi) is 4.90. The smallest absolute Gasteiger partial charge is 0.258 e. The molecule has 122 valence electrons. The quantitative estimate of drug-likeness (QED) is 0.610. The van der Waals surface area contributed by atoms with Crippen LogP contribution in [0.25, 0.3) is 11.3 Å². The van der Waals surface area contributed by atoms with Gasteiger partial charge in [0.1, 0.15) is 0 Å². The number of anilines is 1. The first-order valence-corrected chi connectivity index (χ1v) is 8.87. The lowest BCUT2D eigenvalue weighted by Crippen LogP contribution is -2.12. The Balaban J connectivity index is 1.83. The monoisotopic (exact) mass is 376 g/mol. The van der Waals surface area contributed by atoms with Gasteiger partial charge in [0, 0.05) is 16.0 Å². The molecular formula is C18H14Cl2N2OS. The third kappa shape index (κ3) is 3.61. The SMILES string of the molecule is Cc1ccc(C)c(-c2csc(NC(=O)c3ccc(Cl)cc3Cl)n2)c1. The molecule has 0 spiro atoms. The van der Waals surface area contributed by atoms with Crippen molar-refractivity contribution in [1.82, 2.24) is 4.98 Å². The summed E-state index contributed by atoms with van der Waals surface area (Å²) in [5.41, 5.74) is 4.59. The number of aryl methyl sites for hydroxylation is 2. The van der Waals surface area contributed by atoms with Gasteiger partial charge in [-0.25, -0.2) is 4.98 Å². The average molecular weight is 377 g/mol. The highest BCUT2D eigenvalue weighted by atomic mass is 35.5. The normalized spacial score (nSPS) is 10.7. The van der Waals surface area contributed by atoms with Crippen LogP contribution in [0.4, 0.5) is 5.13 Å². The fourth-order valence-electron chi connectivity index (χ4n) is 2.30. The Hall–Kier alpha value is -1.88. The minimum absolute atomic E-state index is 0.307. The molecule has 0 atom stereocenters. The fourth-order valence-corrected chi connectivity index (χ4v) is 3.50. The highest BCUT2D eigenvalue weighted by Gasteiger charge is 2.14. The van der Waals surface area contributed by atoms with Crippen LogP contribution < -0.4 is 5.32 Å². The molecule has 2 aromatic carbocycles. The van der Waals surface area contributed by atoms with Crippen molar-refractivity contribution >= 4 is 45.6 Å². The molecule has 0 radical (unpaired) electrons. The number of aromatic nitrogens is 1. The second kappa shape index (κ2) is 6.93. The van der Waals surface area contributed by atoms with Crippen LogP contribution in [0.5, 0.6) is 0 Å². The molecule has 3 rings (SSSR count). The van der Waals surface area contributed by atoms with E-state index >= 15 is 0 Å². The van der Waals surface area contributed by atoms with Gasteiger partial charge in [-0.1, -0.05) is 40.9 Å². The molecule has 0 unspecified atom stereocenters. The molecule has 1 heterocycles. The number of halogens is 2. The van der Waals surface area contributed by atoms with Gasteiger partial charge in [-0.15, -0.1) is 11.3 Å². The lowest BCUT2D eigenvalue weighted by Gasteiger charge is -2.05. The molecule has 0 bridgehead atoms. The van der Waals surface area contributed by atoms with E-state index in [2.05, 4.69) is 28.5 Å². The molecule has 1 N–H and O–H groups in total. The van der Waals surface area contributed by atoms with Crippen molar-refractivity contribution in [3.63, 3.8) is 0 Å². The maximum absolute atomic E-state index is 12.3. The summed E-state index contributed by atoms with van der Waals surface area (Å²) < 4.78 is 0. The number of nitrogens with one attached hydrogen (secondary N) is 1. The number of hydrogen-bond acceptors (Lipinski definition) is 3. The molecule has 0 saturated carbocycles. The lowest BCUT2D eigenvalue weighted by molar-refractivity contribution is 0.102. The summed E-state index contributed by atoms with van der Waals surface area (Å²) in [6, 6.07) is 11.0. The number of thiazole rings is 1. The molecule has 0 aliphatic heterocycles. The molecule has 0 aliphatic rings. The number of benzene rings is 2. The van der Waals surface area contributed by atoms with Gasteiger partial charge in [0.2, 0.25) is 0 Å². The van der Waals surface area contributed by atoms with Crippen molar-refractivity contribution in [3.8, 4) is 11.3 Å². The van der Waals surface area contributed by atoms with E-state index in [9.17, 15) is 4.79 Å². The van der Waals surface area contributed by atoms with Crippen molar-refractivity contribution in [1.29, 1.82) is 0 Å². The van der Waals surface area contributed by atoms with E-state index in [4.69, 9.17) is 23.2 Å². The standard InChI is InChI=1S/C18H14Cl2N2OS/c1-10-3-4-11(2)14(7-10)16-9-24-18(21-16)22-17(23)13-6-5-12(19)8-15(13)20/h3-9H,1-2H3,(H,21,22,23). The van der Waals surface area contributed by atoms with Gasteiger partial charge >= 0.3 is 0 Å². The molecule has 1 aromatic heterocycles. The first-order valence-electron chi connectivity index (χ1n) is 7.23. The molecule has 0 fully saturated rings. The van der Waals surface area contributed by atoms with E-state index < -0.39 is 0 Å². The van der Waals surface area contributed by atoms with E-state index in [0.717, 1.165) is 16.8 Å². The predicted octanol–water partition coefficient (Wildman–Crippen LogP) is 5.99. The fraction of sp³-hybridized carbons (Fsp3) is 0.111. The largest absolute Gasteiger partial charge is 0.298 e. The van der Waals surface area contributed by atoms with Crippen molar-refractivity contribution < 1.29 is 4.79 Å². The van der Waals surface area contributed by atoms with E-state index in [1.807, 2.05) is 19.2 Å².